The van der Waals surface area contributed by atoms with E-state index in [0.29, 0.717) is 38.8 Å². The molecule has 2 saturated heterocycles. The van der Waals surface area contributed by atoms with Crippen molar-refractivity contribution in [3.05, 3.63) is 29.8 Å². The maximum Gasteiger partial charge on any atom is 0.237 e. The maximum atomic E-state index is 13.0. The number of nitrogens with zero attached hydrogens (tertiary/aromatic N) is 3. The lowest BCUT2D eigenvalue weighted by molar-refractivity contribution is -0.138. The lowest BCUT2D eigenvalue weighted by atomic mass is 10.1. The van der Waals surface area contributed by atoms with Crippen molar-refractivity contribution < 1.29 is 14.4 Å². The molecule has 1 N–H and O–H groups in total. The Morgan fingerprint density at radius 2 is 1.77 bits per heavy atom. The fourth-order valence-corrected chi connectivity index (χ4v) is 4.34. The Kier molecular flexibility index (Phi) is 6.09. The number of hydrogen-bond acceptors (Lipinski definition) is 4. The molecular weight excluding hydrogens is 380 g/mol. The molecule has 162 valence electrons. The Labute approximate surface area is 178 Å². The molecule has 1 aromatic carbocycles. The van der Waals surface area contributed by atoms with Crippen LogP contribution in [0.3, 0.4) is 0 Å². The van der Waals surface area contributed by atoms with Crippen molar-refractivity contribution in [2.75, 3.05) is 37.6 Å². The highest BCUT2D eigenvalue weighted by Crippen LogP contribution is 2.27. The van der Waals surface area contributed by atoms with Crippen LogP contribution in [0.15, 0.2) is 24.3 Å². The van der Waals surface area contributed by atoms with Gasteiger partial charge in [0.1, 0.15) is 0 Å². The third kappa shape index (κ3) is 4.51. The minimum Gasteiger partial charge on any atom is -0.352 e. The molecule has 30 heavy (non-hydrogen) atoms. The third-order valence-corrected chi connectivity index (χ3v) is 6.61. The fraction of sp³-hybridized carbons (Fsp3) is 0.609. The first-order chi connectivity index (χ1) is 14.5. The summed E-state index contributed by atoms with van der Waals surface area (Å²) in [5, 5.41) is 3.06. The molecule has 7 heteroatoms. The zero-order chi connectivity index (χ0) is 21.3. The predicted molar refractivity (Wildman–Crippen MR) is 115 cm³/mol. The van der Waals surface area contributed by atoms with Gasteiger partial charge in [-0.25, -0.2) is 0 Å². The molecule has 3 amide bonds. The molecule has 7 nitrogen and oxygen atoms in total. The molecule has 0 radical (unpaired) electrons. The van der Waals surface area contributed by atoms with E-state index in [1.54, 1.807) is 4.90 Å². The van der Waals surface area contributed by atoms with Gasteiger partial charge in [-0.3, -0.25) is 19.3 Å². The van der Waals surface area contributed by atoms with Gasteiger partial charge in [-0.2, -0.15) is 0 Å². The smallest absolute Gasteiger partial charge is 0.237 e. The Balaban J connectivity index is 1.29. The van der Waals surface area contributed by atoms with Crippen molar-refractivity contribution in [3.8, 4) is 0 Å². The quantitative estimate of drug-likeness (QED) is 0.767. The first-order valence-electron chi connectivity index (χ1n) is 11.2. The molecular formula is C23H32N4O3. The van der Waals surface area contributed by atoms with Crippen LogP contribution < -0.4 is 10.2 Å². The second kappa shape index (κ2) is 8.76. The van der Waals surface area contributed by atoms with Gasteiger partial charge in [0.2, 0.25) is 17.7 Å². The Morgan fingerprint density at radius 1 is 1.10 bits per heavy atom. The number of rotatable bonds is 6. The second-order valence-corrected chi connectivity index (χ2v) is 8.75. The summed E-state index contributed by atoms with van der Waals surface area (Å²) in [5.41, 5.74) is 2.10. The summed E-state index contributed by atoms with van der Waals surface area (Å²) in [6.45, 7) is 7.08. The number of amides is 3. The van der Waals surface area contributed by atoms with Crippen molar-refractivity contribution >= 4 is 23.4 Å². The van der Waals surface area contributed by atoms with Crippen LogP contribution in [0.4, 0.5) is 5.69 Å². The van der Waals surface area contributed by atoms with Crippen LogP contribution in [0.5, 0.6) is 0 Å². The molecule has 3 aliphatic rings. The van der Waals surface area contributed by atoms with Gasteiger partial charge in [-0.15, -0.1) is 0 Å². The van der Waals surface area contributed by atoms with Crippen molar-refractivity contribution in [3.63, 3.8) is 0 Å². The van der Waals surface area contributed by atoms with Gasteiger partial charge >= 0.3 is 0 Å². The van der Waals surface area contributed by atoms with Gasteiger partial charge in [0.15, 0.2) is 0 Å². The minimum absolute atomic E-state index is 0.0154. The van der Waals surface area contributed by atoms with Gasteiger partial charge in [0, 0.05) is 50.9 Å². The van der Waals surface area contributed by atoms with E-state index in [1.807, 2.05) is 36.1 Å². The van der Waals surface area contributed by atoms with Crippen LogP contribution >= 0.6 is 0 Å². The van der Waals surface area contributed by atoms with E-state index in [2.05, 4.69) is 17.1 Å². The molecule has 2 heterocycles. The molecule has 4 rings (SSSR count). The van der Waals surface area contributed by atoms with Gasteiger partial charge in [-0.1, -0.05) is 19.1 Å². The van der Waals surface area contributed by atoms with E-state index >= 15 is 0 Å². The highest BCUT2D eigenvalue weighted by atomic mass is 16.2. The Morgan fingerprint density at radius 3 is 2.37 bits per heavy atom. The minimum atomic E-state index is -0.287. The van der Waals surface area contributed by atoms with E-state index < -0.39 is 0 Å². The molecule has 1 saturated carbocycles. The summed E-state index contributed by atoms with van der Waals surface area (Å²) in [6, 6.07) is 8.21. The van der Waals surface area contributed by atoms with E-state index in [9.17, 15) is 14.4 Å². The summed E-state index contributed by atoms with van der Waals surface area (Å²) in [6.07, 6.45) is 3.40. The predicted octanol–water partition coefficient (Wildman–Crippen LogP) is 1.41. The summed E-state index contributed by atoms with van der Waals surface area (Å²) in [5.74, 6) is -0.124. The number of benzene rings is 1. The summed E-state index contributed by atoms with van der Waals surface area (Å²) in [7, 11) is 0. The Hall–Kier alpha value is -2.41. The van der Waals surface area contributed by atoms with Crippen molar-refractivity contribution in [1.82, 2.24) is 15.1 Å². The molecule has 0 spiro atoms. The van der Waals surface area contributed by atoms with E-state index in [4.69, 9.17) is 0 Å². The zero-order valence-corrected chi connectivity index (χ0v) is 18.0. The lowest BCUT2D eigenvalue weighted by Gasteiger charge is -2.38. The number of aryl methyl sites for hydroxylation is 1. The zero-order valence-electron chi connectivity index (χ0n) is 18.0. The number of nitrogens with one attached hydrogen (secondary N) is 1. The molecule has 3 fully saturated rings. The van der Waals surface area contributed by atoms with Crippen LogP contribution in [0.25, 0.3) is 0 Å². The van der Waals surface area contributed by atoms with Crippen LogP contribution in [-0.2, 0) is 20.8 Å². The summed E-state index contributed by atoms with van der Waals surface area (Å²) >= 11 is 0. The number of piperazine rings is 1. The second-order valence-electron chi connectivity index (χ2n) is 8.75. The SMILES string of the molecule is CCc1ccc(N2CC(C(=O)N3CCN(C(C)C(=O)NC4CC4)CC3)CC2=O)cc1. The lowest BCUT2D eigenvalue weighted by Crippen LogP contribution is -2.56. The molecule has 0 bridgehead atoms. The third-order valence-electron chi connectivity index (χ3n) is 6.61. The average molecular weight is 413 g/mol. The number of hydrogen-bond donors (Lipinski definition) is 1. The molecule has 2 unspecified atom stereocenters. The van der Waals surface area contributed by atoms with E-state index in [0.717, 1.165) is 24.9 Å². The highest BCUT2D eigenvalue weighted by Gasteiger charge is 2.38. The first kappa shape index (κ1) is 20.8. The number of carbonyl (C=O) groups excluding carboxylic acids is 3. The van der Waals surface area contributed by atoms with Gasteiger partial charge < -0.3 is 15.1 Å². The van der Waals surface area contributed by atoms with Gasteiger partial charge in [0.25, 0.3) is 0 Å². The van der Waals surface area contributed by atoms with Crippen molar-refractivity contribution in [2.24, 2.45) is 5.92 Å². The van der Waals surface area contributed by atoms with Gasteiger partial charge in [0.05, 0.1) is 12.0 Å². The van der Waals surface area contributed by atoms with Crippen LogP contribution in [-0.4, -0.2) is 72.3 Å². The van der Waals surface area contributed by atoms with Crippen molar-refractivity contribution in [2.45, 2.75) is 51.6 Å². The summed E-state index contributed by atoms with van der Waals surface area (Å²) < 4.78 is 0. The fourth-order valence-electron chi connectivity index (χ4n) is 4.34. The molecule has 1 aliphatic carbocycles. The average Bonchev–Trinajstić information content (AvgIpc) is 3.51. The van der Waals surface area contributed by atoms with Crippen LogP contribution in [0.2, 0.25) is 0 Å². The number of anilines is 1. The molecule has 2 atom stereocenters. The Bertz CT molecular complexity index is 797. The van der Waals surface area contributed by atoms with Gasteiger partial charge in [-0.05, 0) is 43.9 Å². The normalized spacial score (nSPS) is 23.5. The molecule has 0 aromatic heterocycles. The molecule has 2 aliphatic heterocycles. The monoisotopic (exact) mass is 412 g/mol. The maximum absolute atomic E-state index is 13.0. The number of carbonyl (C=O) groups is 3. The van der Waals surface area contributed by atoms with E-state index in [1.165, 1.54) is 5.56 Å². The largest absolute Gasteiger partial charge is 0.352 e. The van der Waals surface area contributed by atoms with Crippen LogP contribution in [0.1, 0.15) is 38.7 Å². The summed E-state index contributed by atoms with van der Waals surface area (Å²) in [4.78, 5) is 43.6. The topological polar surface area (TPSA) is 73.0 Å². The standard InChI is InChI=1S/C23H32N4O3/c1-3-17-4-8-20(9-5-17)27-15-18(14-21(27)28)23(30)26-12-10-25(11-13-26)16(2)22(29)24-19-6-7-19/h4-5,8-9,16,18-19H,3,6-7,10-15H2,1-2H3,(H,24,29). The highest BCUT2D eigenvalue weighted by molar-refractivity contribution is 6.00. The first-order valence-corrected chi connectivity index (χ1v) is 11.2. The van der Waals surface area contributed by atoms with Crippen molar-refractivity contribution in [1.29, 1.82) is 0 Å². The van der Waals surface area contributed by atoms with E-state index in [-0.39, 0.29) is 36.1 Å². The van der Waals surface area contributed by atoms with Crippen LogP contribution in [0, 0.1) is 5.92 Å². The molecule has 1 aromatic rings.